The molecule has 0 saturated heterocycles. The number of hydrogen-bond acceptors (Lipinski definition) is 8. The van der Waals surface area contributed by atoms with Crippen LogP contribution in [0.1, 0.15) is 28.2 Å². The van der Waals surface area contributed by atoms with Crippen LogP contribution in [0.5, 0.6) is 11.5 Å². The van der Waals surface area contributed by atoms with Crippen LogP contribution in [0.2, 0.25) is 0 Å². The van der Waals surface area contributed by atoms with Gasteiger partial charge in [0.15, 0.2) is 18.1 Å². The SMILES string of the molecule is Cc1cc(C(=O)COC(=O)CCn2cnc3sccc3c2=O)c(C)n1-c1ccc2c(c1)OCCO2. The lowest BCUT2D eigenvalue weighted by molar-refractivity contribution is -0.142. The number of ether oxygens (including phenoxy) is 3. The first-order chi connectivity index (χ1) is 16.9. The number of benzene rings is 1. The maximum Gasteiger partial charge on any atom is 0.308 e. The molecule has 0 aliphatic carbocycles. The van der Waals surface area contributed by atoms with Crippen molar-refractivity contribution < 1.29 is 23.8 Å². The lowest BCUT2D eigenvalue weighted by Crippen LogP contribution is -2.22. The highest BCUT2D eigenvalue weighted by Crippen LogP contribution is 2.33. The van der Waals surface area contributed by atoms with Gasteiger partial charge in [0, 0.05) is 35.2 Å². The summed E-state index contributed by atoms with van der Waals surface area (Å²) >= 11 is 1.39. The summed E-state index contributed by atoms with van der Waals surface area (Å²) in [4.78, 5) is 42.4. The molecule has 0 unspecified atom stereocenters. The zero-order valence-corrected chi connectivity index (χ0v) is 20.1. The van der Waals surface area contributed by atoms with Gasteiger partial charge >= 0.3 is 5.97 Å². The average Bonchev–Trinajstić information content (AvgIpc) is 3.46. The van der Waals surface area contributed by atoms with E-state index in [0.717, 1.165) is 17.1 Å². The Kier molecular flexibility index (Phi) is 6.12. The van der Waals surface area contributed by atoms with E-state index >= 15 is 0 Å². The molecule has 10 heteroatoms. The summed E-state index contributed by atoms with van der Waals surface area (Å²) in [6.07, 6.45) is 1.38. The second-order valence-electron chi connectivity index (χ2n) is 8.16. The van der Waals surface area contributed by atoms with Crippen molar-refractivity contribution >= 4 is 33.3 Å². The molecule has 0 amide bonds. The first kappa shape index (κ1) is 22.9. The van der Waals surface area contributed by atoms with Crippen molar-refractivity contribution in [2.24, 2.45) is 0 Å². The average molecular weight is 494 g/mol. The van der Waals surface area contributed by atoms with Crippen LogP contribution in [0.4, 0.5) is 0 Å². The zero-order chi connectivity index (χ0) is 24.5. The molecule has 0 radical (unpaired) electrons. The predicted molar refractivity (Wildman–Crippen MR) is 130 cm³/mol. The number of carbonyl (C=O) groups is 2. The van der Waals surface area contributed by atoms with E-state index in [1.54, 1.807) is 17.5 Å². The minimum absolute atomic E-state index is 0.0409. The summed E-state index contributed by atoms with van der Waals surface area (Å²) in [6.45, 7) is 4.51. The number of rotatable bonds is 7. The minimum atomic E-state index is -0.559. The molecule has 180 valence electrons. The van der Waals surface area contributed by atoms with E-state index in [-0.39, 0.29) is 30.9 Å². The summed E-state index contributed by atoms with van der Waals surface area (Å²) in [5.74, 6) is 0.500. The van der Waals surface area contributed by atoms with Crippen LogP contribution in [-0.4, -0.2) is 45.7 Å². The third-order valence-electron chi connectivity index (χ3n) is 5.89. The Labute approximate surface area is 204 Å². The van der Waals surface area contributed by atoms with E-state index in [1.165, 1.54) is 22.2 Å². The summed E-state index contributed by atoms with van der Waals surface area (Å²) in [5.41, 5.74) is 2.73. The van der Waals surface area contributed by atoms with Crippen molar-refractivity contribution in [2.45, 2.75) is 26.8 Å². The zero-order valence-electron chi connectivity index (χ0n) is 19.3. The maximum absolute atomic E-state index is 12.8. The van der Waals surface area contributed by atoms with Crippen molar-refractivity contribution in [1.82, 2.24) is 14.1 Å². The number of esters is 1. The van der Waals surface area contributed by atoms with E-state index in [9.17, 15) is 14.4 Å². The third-order valence-corrected chi connectivity index (χ3v) is 6.71. The van der Waals surface area contributed by atoms with Crippen molar-refractivity contribution in [3.63, 3.8) is 0 Å². The van der Waals surface area contributed by atoms with Crippen LogP contribution in [0, 0.1) is 13.8 Å². The van der Waals surface area contributed by atoms with Gasteiger partial charge in [-0.15, -0.1) is 11.3 Å². The Hall–Kier alpha value is -3.92. The van der Waals surface area contributed by atoms with Gasteiger partial charge in [-0.2, -0.15) is 0 Å². The molecule has 1 aliphatic heterocycles. The molecule has 0 spiro atoms. The molecule has 0 N–H and O–H groups in total. The van der Waals surface area contributed by atoms with Gasteiger partial charge in [0.2, 0.25) is 5.78 Å². The maximum atomic E-state index is 12.8. The summed E-state index contributed by atoms with van der Waals surface area (Å²) in [6, 6.07) is 9.13. The van der Waals surface area contributed by atoms with E-state index in [4.69, 9.17) is 14.2 Å². The molecule has 4 aromatic rings. The fourth-order valence-electron chi connectivity index (χ4n) is 4.17. The Bertz CT molecular complexity index is 1500. The van der Waals surface area contributed by atoms with Crippen LogP contribution in [-0.2, 0) is 16.1 Å². The molecule has 3 aromatic heterocycles. The molecule has 1 aromatic carbocycles. The van der Waals surface area contributed by atoms with E-state index in [0.29, 0.717) is 40.5 Å². The lowest BCUT2D eigenvalue weighted by atomic mass is 10.1. The number of hydrogen-bond donors (Lipinski definition) is 0. The molecule has 0 saturated carbocycles. The summed E-state index contributed by atoms with van der Waals surface area (Å²) in [5, 5.41) is 2.32. The first-order valence-corrected chi connectivity index (χ1v) is 12.0. The van der Waals surface area contributed by atoms with Gasteiger partial charge in [0.05, 0.1) is 18.1 Å². The van der Waals surface area contributed by atoms with Gasteiger partial charge in [0.1, 0.15) is 18.0 Å². The summed E-state index contributed by atoms with van der Waals surface area (Å²) < 4.78 is 19.8. The molecule has 0 fully saturated rings. The third kappa shape index (κ3) is 4.44. The predicted octanol–water partition coefficient (Wildman–Crippen LogP) is 3.45. The van der Waals surface area contributed by atoms with Crippen molar-refractivity contribution in [1.29, 1.82) is 0 Å². The van der Waals surface area contributed by atoms with E-state index in [1.807, 2.05) is 36.6 Å². The Morgan fingerprint density at radius 1 is 1.11 bits per heavy atom. The molecule has 0 atom stereocenters. The number of carbonyl (C=O) groups excluding carboxylic acids is 2. The van der Waals surface area contributed by atoms with Gasteiger partial charge in [-0.1, -0.05) is 0 Å². The highest BCUT2D eigenvalue weighted by molar-refractivity contribution is 7.16. The lowest BCUT2D eigenvalue weighted by Gasteiger charge is -2.20. The molecular formula is C25H23N3O6S. The number of thiophene rings is 1. The number of ketones is 1. The number of nitrogens with zero attached hydrogens (tertiary/aromatic N) is 3. The van der Waals surface area contributed by atoms with Gasteiger partial charge in [-0.05, 0) is 43.5 Å². The van der Waals surface area contributed by atoms with Gasteiger partial charge in [0.25, 0.3) is 5.56 Å². The van der Waals surface area contributed by atoms with Gasteiger partial charge in [-0.25, -0.2) is 4.98 Å². The highest BCUT2D eigenvalue weighted by Gasteiger charge is 2.20. The molecule has 1 aliphatic rings. The number of aryl methyl sites for hydroxylation is 2. The minimum Gasteiger partial charge on any atom is -0.486 e. The topological polar surface area (TPSA) is 102 Å². The normalized spacial score (nSPS) is 12.6. The van der Waals surface area contributed by atoms with Crippen molar-refractivity contribution in [3.8, 4) is 17.2 Å². The Morgan fingerprint density at radius 3 is 2.74 bits per heavy atom. The van der Waals surface area contributed by atoms with Crippen LogP contribution in [0.15, 0.2) is 46.8 Å². The van der Waals surface area contributed by atoms with Crippen LogP contribution in [0.3, 0.4) is 0 Å². The second-order valence-corrected chi connectivity index (χ2v) is 9.06. The number of aromatic nitrogens is 3. The first-order valence-electron chi connectivity index (χ1n) is 11.1. The quantitative estimate of drug-likeness (QED) is 0.287. The van der Waals surface area contributed by atoms with E-state index < -0.39 is 5.97 Å². The van der Waals surface area contributed by atoms with E-state index in [2.05, 4.69) is 4.98 Å². The van der Waals surface area contributed by atoms with Crippen LogP contribution >= 0.6 is 11.3 Å². The molecule has 35 heavy (non-hydrogen) atoms. The molecule has 9 nitrogen and oxygen atoms in total. The monoisotopic (exact) mass is 493 g/mol. The molecular weight excluding hydrogens is 470 g/mol. The largest absolute Gasteiger partial charge is 0.486 e. The van der Waals surface area contributed by atoms with Crippen molar-refractivity contribution in [2.75, 3.05) is 19.8 Å². The number of fused-ring (bicyclic) bond motifs is 2. The van der Waals surface area contributed by atoms with Crippen LogP contribution < -0.4 is 15.0 Å². The molecule has 5 rings (SSSR count). The van der Waals surface area contributed by atoms with Crippen LogP contribution in [0.25, 0.3) is 15.9 Å². The second kappa shape index (κ2) is 9.38. The fraction of sp³-hybridized carbons (Fsp3) is 0.280. The van der Waals surface area contributed by atoms with Crippen molar-refractivity contribution in [3.05, 3.63) is 69.3 Å². The smallest absolute Gasteiger partial charge is 0.308 e. The highest BCUT2D eigenvalue weighted by atomic mass is 32.1. The number of Topliss-reactive ketones (excluding diaryl/α,β-unsaturated/α-hetero) is 1. The van der Waals surface area contributed by atoms with Gasteiger partial charge < -0.3 is 18.8 Å². The molecule has 4 heterocycles. The van der Waals surface area contributed by atoms with Gasteiger partial charge in [-0.3, -0.25) is 19.0 Å². The Morgan fingerprint density at radius 2 is 1.91 bits per heavy atom. The summed E-state index contributed by atoms with van der Waals surface area (Å²) in [7, 11) is 0. The Balaban J connectivity index is 1.23. The molecule has 0 bridgehead atoms. The fourth-order valence-corrected chi connectivity index (χ4v) is 4.90. The standard InChI is InChI=1S/C25H23N3O6S/c1-15-11-19(16(2)28(15)17-3-4-21-22(12-17)33-9-8-32-21)20(29)13-34-23(30)5-7-27-14-26-24-18(25(27)31)6-10-35-24/h3-4,6,10-12,14H,5,7-9,13H2,1-2H3.